The molecule has 3 aromatic heterocycles. The lowest BCUT2D eigenvalue weighted by Gasteiger charge is -2.30. The van der Waals surface area contributed by atoms with Gasteiger partial charge in [0.05, 0.1) is 5.52 Å². The first kappa shape index (κ1) is 21.4. The lowest BCUT2D eigenvalue weighted by atomic mass is 10.0. The fourth-order valence-corrected chi connectivity index (χ4v) is 4.96. The van der Waals surface area contributed by atoms with E-state index in [1.165, 1.54) is 35.4 Å². The molecule has 176 valence electrons. The maximum Gasteiger partial charge on any atom is 0.408 e. The molecule has 1 saturated carbocycles. The van der Waals surface area contributed by atoms with E-state index in [1.807, 2.05) is 0 Å². The Morgan fingerprint density at radius 2 is 1.85 bits per heavy atom. The molecule has 4 aromatic rings. The van der Waals surface area contributed by atoms with Gasteiger partial charge in [-0.3, -0.25) is 9.30 Å². The molecular formula is C24H22F4N6. The van der Waals surface area contributed by atoms with Crippen LogP contribution in [0.3, 0.4) is 0 Å². The van der Waals surface area contributed by atoms with Crippen molar-refractivity contribution >= 4 is 16.6 Å². The Morgan fingerprint density at radius 3 is 2.56 bits per heavy atom. The van der Waals surface area contributed by atoms with Crippen molar-refractivity contribution in [1.29, 1.82) is 0 Å². The van der Waals surface area contributed by atoms with Gasteiger partial charge in [-0.05, 0) is 60.6 Å². The Labute approximate surface area is 192 Å². The van der Waals surface area contributed by atoms with Crippen molar-refractivity contribution < 1.29 is 17.6 Å². The molecule has 1 aliphatic heterocycles. The first-order valence-electron chi connectivity index (χ1n) is 11.3. The van der Waals surface area contributed by atoms with Crippen LogP contribution < -0.4 is 5.73 Å². The Kier molecular flexibility index (Phi) is 4.86. The van der Waals surface area contributed by atoms with Crippen LogP contribution in [0.5, 0.6) is 0 Å². The average Bonchev–Trinajstić information content (AvgIpc) is 3.42. The second-order valence-corrected chi connectivity index (χ2v) is 9.24. The molecule has 0 bridgehead atoms. The smallest absolute Gasteiger partial charge is 0.326 e. The lowest BCUT2D eigenvalue weighted by Crippen LogP contribution is -2.38. The second kappa shape index (κ2) is 7.71. The molecule has 6 nitrogen and oxygen atoms in total. The van der Waals surface area contributed by atoms with Crippen molar-refractivity contribution in [2.24, 2.45) is 5.73 Å². The zero-order valence-corrected chi connectivity index (χ0v) is 18.1. The van der Waals surface area contributed by atoms with Crippen LogP contribution >= 0.6 is 0 Å². The standard InChI is InChI=1S/C24H22F4N6/c25-16-9-14-3-5-19(30-21(14)18(10-16)13-1-2-13)23-32-31-20-6-4-15(11-34(20)23)22(24(26,27)28)33-8-7-17(29)12-33/h3-6,9-11,13,17,22H,1-2,7-8,12,29H2/t17-,22+/m0/s1. The molecule has 2 atom stereocenters. The van der Waals surface area contributed by atoms with Crippen molar-refractivity contribution in [3.63, 3.8) is 0 Å². The van der Waals surface area contributed by atoms with E-state index in [0.717, 1.165) is 18.4 Å². The highest BCUT2D eigenvalue weighted by Gasteiger charge is 2.46. The highest BCUT2D eigenvalue weighted by molar-refractivity contribution is 5.85. The zero-order chi connectivity index (χ0) is 23.6. The largest absolute Gasteiger partial charge is 0.408 e. The summed E-state index contributed by atoms with van der Waals surface area (Å²) >= 11 is 0. The molecule has 1 aliphatic carbocycles. The predicted molar refractivity (Wildman–Crippen MR) is 119 cm³/mol. The summed E-state index contributed by atoms with van der Waals surface area (Å²) < 4.78 is 57.9. The van der Waals surface area contributed by atoms with Crippen LogP contribution in [-0.2, 0) is 0 Å². The minimum absolute atomic E-state index is 0.0941. The number of likely N-dealkylation sites (tertiary alicyclic amines) is 1. The van der Waals surface area contributed by atoms with Gasteiger partial charge in [0.1, 0.15) is 17.6 Å². The van der Waals surface area contributed by atoms with Crippen molar-refractivity contribution in [2.75, 3.05) is 13.1 Å². The van der Waals surface area contributed by atoms with E-state index in [-0.39, 0.29) is 36.4 Å². The van der Waals surface area contributed by atoms with E-state index in [2.05, 4.69) is 10.2 Å². The number of hydrogen-bond acceptors (Lipinski definition) is 5. The van der Waals surface area contributed by atoms with Crippen molar-refractivity contribution in [3.05, 3.63) is 59.5 Å². The number of halogens is 4. The van der Waals surface area contributed by atoms with Crippen molar-refractivity contribution in [1.82, 2.24) is 24.5 Å². The summed E-state index contributed by atoms with van der Waals surface area (Å²) in [7, 11) is 0. The first-order valence-corrected chi connectivity index (χ1v) is 11.3. The first-order chi connectivity index (χ1) is 16.3. The molecular weight excluding hydrogens is 448 g/mol. The number of nitrogens with two attached hydrogens (primary N) is 1. The average molecular weight is 470 g/mol. The second-order valence-electron chi connectivity index (χ2n) is 9.24. The zero-order valence-electron chi connectivity index (χ0n) is 18.1. The number of hydrogen-bond donors (Lipinski definition) is 1. The van der Waals surface area contributed by atoms with Gasteiger partial charge in [0.15, 0.2) is 11.5 Å². The molecule has 10 heteroatoms. The third-order valence-corrected chi connectivity index (χ3v) is 6.71. The molecule has 0 spiro atoms. The summed E-state index contributed by atoms with van der Waals surface area (Å²) in [5.74, 6) is 0.312. The van der Waals surface area contributed by atoms with Gasteiger partial charge in [0.25, 0.3) is 0 Å². The van der Waals surface area contributed by atoms with Crippen LogP contribution in [0.1, 0.15) is 42.3 Å². The van der Waals surface area contributed by atoms with Crippen LogP contribution in [-0.4, -0.2) is 49.8 Å². The molecule has 2 aliphatic rings. The number of nitrogens with zero attached hydrogens (tertiary/aromatic N) is 5. The Bertz CT molecular complexity index is 1390. The van der Waals surface area contributed by atoms with Gasteiger partial charge in [-0.15, -0.1) is 10.2 Å². The number of benzene rings is 1. The third kappa shape index (κ3) is 3.70. The molecule has 1 aromatic carbocycles. The molecule has 1 saturated heterocycles. The van der Waals surface area contributed by atoms with E-state index < -0.39 is 12.2 Å². The summed E-state index contributed by atoms with van der Waals surface area (Å²) in [6, 6.07) is 7.35. The lowest BCUT2D eigenvalue weighted by molar-refractivity contribution is -0.183. The third-order valence-electron chi connectivity index (χ3n) is 6.71. The van der Waals surface area contributed by atoms with Crippen LogP contribution in [0.4, 0.5) is 17.6 Å². The molecule has 0 radical (unpaired) electrons. The van der Waals surface area contributed by atoms with Gasteiger partial charge in [-0.1, -0.05) is 12.1 Å². The van der Waals surface area contributed by atoms with Gasteiger partial charge >= 0.3 is 6.18 Å². The van der Waals surface area contributed by atoms with E-state index in [1.54, 1.807) is 16.5 Å². The van der Waals surface area contributed by atoms with Gasteiger partial charge in [-0.25, -0.2) is 9.37 Å². The quantitative estimate of drug-likeness (QED) is 0.442. The van der Waals surface area contributed by atoms with Gasteiger partial charge < -0.3 is 5.73 Å². The highest BCUT2D eigenvalue weighted by atomic mass is 19.4. The number of alkyl halides is 3. The summed E-state index contributed by atoms with van der Waals surface area (Å²) in [5, 5.41) is 9.03. The van der Waals surface area contributed by atoms with Crippen LogP contribution in [0.25, 0.3) is 28.1 Å². The fourth-order valence-electron chi connectivity index (χ4n) is 4.96. The molecule has 0 unspecified atom stereocenters. The Hall–Kier alpha value is -3.11. The molecule has 0 amide bonds. The van der Waals surface area contributed by atoms with E-state index in [0.29, 0.717) is 34.5 Å². The summed E-state index contributed by atoms with van der Waals surface area (Å²) in [5.41, 5.74) is 8.41. The van der Waals surface area contributed by atoms with Crippen LogP contribution in [0.2, 0.25) is 0 Å². The van der Waals surface area contributed by atoms with E-state index in [9.17, 15) is 17.6 Å². The van der Waals surface area contributed by atoms with Crippen LogP contribution in [0, 0.1) is 5.82 Å². The van der Waals surface area contributed by atoms with Crippen LogP contribution in [0.15, 0.2) is 42.6 Å². The molecule has 6 rings (SSSR count). The topological polar surface area (TPSA) is 72.3 Å². The monoisotopic (exact) mass is 470 g/mol. The van der Waals surface area contributed by atoms with Crippen molar-refractivity contribution in [3.8, 4) is 11.5 Å². The fraction of sp³-hybridized carbons (Fsp3) is 0.375. The molecule has 4 heterocycles. The highest BCUT2D eigenvalue weighted by Crippen LogP contribution is 2.43. The van der Waals surface area contributed by atoms with E-state index >= 15 is 0 Å². The maximum absolute atomic E-state index is 14.1. The number of fused-ring (bicyclic) bond motifs is 2. The SMILES string of the molecule is N[C@H]1CCN([C@H](c2ccc3nnc(-c4ccc5cc(F)cc(C6CC6)c5n4)n3c2)C(F)(F)F)C1. The molecule has 2 N–H and O–H groups in total. The predicted octanol–water partition coefficient (Wildman–Crippen LogP) is 4.60. The molecule has 34 heavy (non-hydrogen) atoms. The van der Waals surface area contributed by atoms with E-state index in [4.69, 9.17) is 10.7 Å². The maximum atomic E-state index is 14.1. The normalized spacial score (nSPS) is 20.4. The summed E-state index contributed by atoms with van der Waals surface area (Å²) in [6.07, 6.45) is -0.527. The van der Waals surface area contributed by atoms with Crippen molar-refractivity contribution in [2.45, 2.75) is 43.4 Å². The molecule has 2 fully saturated rings. The van der Waals surface area contributed by atoms with Gasteiger partial charge in [0.2, 0.25) is 0 Å². The number of aromatic nitrogens is 4. The summed E-state index contributed by atoms with van der Waals surface area (Å²) in [6.45, 7) is 0.467. The Balaban J connectivity index is 1.46. The minimum atomic E-state index is -4.46. The van der Waals surface area contributed by atoms with Gasteiger partial charge in [0, 0.05) is 30.7 Å². The number of rotatable bonds is 4. The summed E-state index contributed by atoms with van der Waals surface area (Å²) in [4.78, 5) is 6.12. The number of pyridine rings is 2. The Morgan fingerprint density at radius 1 is 1.03 bits per heavy atom. The van der Waals surface area contributed by atoms with Gasteiger partial charge in [-0.2, -0.15) is 13.2 Å². The minimum Gasteiger partial charge on any atom is -0.326 e.